The summed E-state index contributed by atoms with van der Waals surface area (Å²) in [6.07, 6.45) is 2.70. The molecule has 0 bridgehead atoms. The molecule has 0 aromatic heterocycles. The highest BCUT2D eigenvalue weighted by atomic mass is 32.2. The van der Waals surface area contributed by atoms with E-state index in [4.69, 9.17) is 0 Å². The lowest BCUT2D eigenvalue weighted by molar-refractivity contribution is 0.101. The van der Waals surface area contributed by atoms with Gasteiger partial charge in [-0.15, -0.1) is 0 Å². The Morgan fingerprint density at radius 3 is 2.20 bits per heavy atom. The average molecular weight is 297 g/mol. The molecule has 0 heterocycles. The van der Waals surface area contributed by atoms with Crippen LogP contribution in [0.3, 0.4) is 0 Å². The molecule has 1 aliphatic rings. The maximum absolute atomic E-state index is 12.6. The second-order valence-corrected chi connectivity index (χ2v) is 7.46. The van der Waals surface area contributed by atoms with Gasteiger partial charge >= 0.3 is 0 Å². The van der Waals surface area contributed by atoms with Crippen LogP contribution in [0.5, 0.6) is 0 Å². The van der Waals surface area contributed by atoms with Crippen LogP contribution in [0.15, 0.2) is 17.0 Å². The van der Waals surface area contributed by atoms with Crippen molar-refractivity contribution in [1.82, 2.24) is 4.72 Å². The van der Waals surface area contributed by atoms with Crippen LogP contribution in [-0.2, 0) is 10.0 Å². The molecule has 2 N–H and O–H groups in total. The summed E-state index contributed by atoms with van der Waals surface area (Å²) in [4.78, 5) is 0.348. The first-order chi connectivity index (χ1) is 9.31. The van der Waals surface area contributed by atoms with Gasteiger partial charge in [-0.1, -0.05) is 30.5 Å². The van der Waals surface area contributed by atoms with Gasteiger partial charge in [-0.2, -0.15) is 0 Å². The van der Waals surface area contributed by atoms with Crippen LogP contribution in [0, 0.1) is 20.8 Å². The fourth-order valence-electron chi connectivity index (χ4n) is 3.10. The van der Waals surface area contributed by atoms with E-state index in [0.29, 0.717) is 17.7 Å². The lowest BCUT2D eigenvalue weighted by Gasteiger charge is -2.28. The van der Waals surface area contributed by atoms with Crippen LogP contribution in [-0.4, -0.2) is 25.7 Å². The normalized spacial score (nSPS) is 23.8. The molecule has 1 fully saturated rings. The van der Waals surface area contributed by atoms with Gasteiger partial charge in [0.05, 0.1) is 11.0 Å². The Bertz CT molecular complexity index is 572. The Hall–Kier alpha value is -0.910. The number of aliphatic hydroxyl groups excluding tert-OH is 1. The van der Waals surface area contributed by atoms with Crippen molar-refractivity contribution in [3.05, 3.63) is 28.8 Å². The molecule has 0 radical (unpaired) electrons. The molecule has 4 nitrogen and oxygen atoms in total. The number of aryl methyl sites for hydroxylation is 3. The third kappa shape index (κ3) is 3.22. The van der Waals surface area contributed by atoms with E-state index in [1.807, 2.05) is 32.9 Å². The SMILES string of the molecule is Cc1cc(C)c(S(=O)(=O)N[C@H]2CCCC[C@@H]2O)c(C)c1. The minimum atomic E-state index is -3.58. The Morgan fingerprint density at radius 1 is 1.10 bits per heavy atom. The van der Waals surface area contributed by atoms with Crippen molar-refractivity contribution in [2.24, 2.45) is 0 Å². The third-order valence-electron chi connectivity index (χ3n) is 3.91. The molecule has 112 valence electrons. The summed E-state index contributed by atoms with van der Waals surface area (Å²) < 4.78 is 27.8. The van der Waals surface area contributed by atoms with Crippen LogP contribution in [0.25, 0.3) is 0 Å². The highest BCUT2D eigenvalue weighted by Gasteiger charge is 2.29. The van der Waals surface area contributed by atoms with E-state index in [0.717, 1.165) is 29.5 Å². The third-order valence-corrected chi connectivity index (χ3v) is 5.70. The number of hydrogen-bond acceptors (Lipinski definition) is 3. The van der Waals surface area contributed by atoms with Crippen molar-refractivity contribution in [2.75, 3.05) is 0 Å². The largest absolute Gasteiger partial charge is 0.391 e. The zero-order valence-corrected chi connectivity index (χ0v) is 13.1. The molecule has 1 saturated carbocycles. The number of benzene rings is 1. The van der Waals surface area contributed by atoms with Gasteiger partial charge in [0.1, 0.15) is 0 Å². The molecule has 2 atom stereocenters. The fourth-order valence-corrected chi connectivity index (χ4v) is 4.85. The van der Waals surface area contributed by atoms with Crippen molar-refractivity contribution in [3.8, 4) is 0 Å². The highest BCUT2D eigenvalue weighted by molar-refractivity contribution is 7.89. The van der Waals surface area contributed by atoms with Gasteiger partial charge in [0.15, 0.2) is 0 Å². The first kappa shape index (κ1) is 15.5. The number of nitrogens with one attached hydrogen (secondary N) is 1. The van der Waals surface area contributed by atoms with Gasteiger partial charge in [-0.25, -0.2) is 13.1 Å². The van der Waals surface area contributed by atoms with E-state index < -0.39 is 16.1 Å². The van der Waals surface area contributed by atoms with Crippen LogP contribution in [0.4, 0.5) is 0 Å². The number of rotatable bonds is 3. The monoisotopic (exact) mass is 297 g/mol. The fraction of sp³-hybridized carbons (Fsp3) is 0.600. The summed E-state index contributed by atoms with van der Waals surface area (Å²) in [7, 11) is -3.58. The van der Waals surface area contributed by atoms with E-state index >= 15 is 0 Å². The van der Waals surface area contributed by atoms with Crippen molar-refractivity contribution >= 4 is 10.0 Å². The van der Waals surface area contributed by atoms with Crippen molar-refractivity contribution in [2.45, 2.75) is 63.5 Å². The minimum absolute atomic E-state index is 0.348. The Labute approximate surface area is 121 Å². The summed E-state index contributed by atoms with van der Waals surface area (Å²) in [5.41, 5.74) is 2.55. The van der Waals surface area contributed by atoms with Crippen molar-refractivity contribution < 1.29 is 13.5 Å². The average Bonchev–Trinajstić information content (AvgIpc) is 2.30. The van der Waals surface area contributed by atoms with Crippen LogP contribution >= 0.6 is 0 Å². The molecule has 2 rings (SSSR count). The van der Waals surface area contributed by atoms with Gasteiger partial charge in [-0.05, 0) is 44.7 Å². The Balaban J connectivity index is 2.31. The summed E-state index contributed by atoms with van der Waals surface area (Å²) in [6.45, 7) is 5.58. The zero-order valence-electron chi connectivity index (χ0n) is 12.3. The quantitative estimate of drug-likeness (QED) is 0.899. The van der Waals surface area contributed by atoms with Gasteiger partial charge in [0.2, 0.25) is 10.0 Å². The summed E-state index contributed by atoms with van der Waals surface area (Å²) in [5, 5.41) is 9.93. The standard InChI is InChI=1S/C15H23NO3S/c1-10-8-11(2)15(12(3)9-10)20(18,19)16-13-6-4-5-7-14(13)17/h8-9,13-14,16-17H,4-7H2,1-3H3/t13-,14-/m0/s1. The topological polar surface area (TPSA) is 66.4 Å². The minimum Gasteiger partial charge on any atom is -0.391 e. The lowest BCUT2D eigenvalue weighted by Crippen LogP contribution is -2.45. The molecule has 0 spiro atoms. The molecule has 0 amide bonds. The van der Waals surface area contributed by atoms with Gasteiger partial charge in [-0.3, -0.25) is 0 Å². The Morgan fingerprint density at radius 2 is 1.65 bits per heavy atom. The molecule has 1 aromatic carbocycles. The summed E-state index contributed by atoms with van der Waals surface area (Å²) >= 11 is 0. The van der Waals surface area contributed by atoms with Gasteiger partial charge in [0.25, 0.3) is 0 Å². The van der Waals surface area contributed by atoms with Crippen molar-refractivity contribution in [1.29, 1.82) is 0 Å². The molecule has 1 aliphatic carbocycles. The van der Waals surface area contributed by atoms with Crippen LogP contribution < -0.4 is 4.72 Å². The first-order valence-electron chi connectivity index (χ1n) is 7.09. The van der Waals surface area contributed by atoms with E-state index in [2.05, 4.69) is 4.72 Å². The molecule has 1 aromatic rings. The number of aliphatic hydroxyl groups is 1. The maximum atomic E-state index is 12.6. The van der Waals surface area contributed by atoms with Gasteiger partial charge < -0.3 is 5.11 Å². The molecule has 5 heteroatoms. The van der Waals surface area contributed by atoms with E-state index in [1.165, 1.54) is 0 Å². The summed E-state index contributed by atoms with van der Waals surface area (Å²) in [5.74, 6) is 0. The van der Waals surface area contributed by atoms with Crippen LogP contribution in [0.2, 0.25) is 0 Å². The lowest BCUT2D eigenvalue weighted by atomic mass is 9.93. The van der Waals surface area contributed by atoms with Crippen LogP contribution in [0.1, 0.15) is 42.4 Å². The number of sulfonamides is 1. The summed E-state index contributed by atoms with van der Waals surface area (Å²) in [6, 6.07) is 3.38. The molecule has 20 heavy (non-hydrogen) atoms. The molecular formula is C15H23NO3S. The van der Waals surface area contributed by atoms with Gasteiger partial charge in [0, 0.05) is 6.04 Å². The van der Waals surface area contributed by atoms with E-state index in [9.17, 15) is 13.5 Å². The maximum Gasteiger partial charge on any atom is 0.241 e. The molecule has 0 saturated heterocycles. The molecule has 0 unspecified atom stereocenters. The number of hydrogen-bond donors (Lipinski definition) is 2. The van der Waals surface area contributed by atoms with E-state index in [1.54, 1.807) is 0 Å². The van der Waals surface area contributed by atoms with Crippen molar-refractivity contribution in [3.63, 3.8) is 0 Å². The zero-order chi connectivity index (χ0) is 14.9. The predicted octanol–water partition coefficient (Wildman–Crippen LogP) is 2.19. The van der Waals surface area contributed by atoms with E-state index in [-0.39, 0.29) is 6.04 Å². The predicted molar refractivity (Wildman–Crippen MR) is 79.2 cm³/mol. The Kier molecular flexibility index (Phi) is 4.52. The highest BCUT2D eigenvalue weighted by Crippen LogP contribution is 2.24. The molecule has 0 aliphatic heterocycles. The smallest absolute Gasteiger partial charge is 0.241 e. The first-order valence-corrected chi connectivity index (χ1v) is 8.58. The second kappa shape index (κ2) is 5.84. The second-order valence-electron chi connectivity index (χ2n) is 5.81. The molecular weight excluding hydrogens is 274 g/mol.